The number of amides is 1. The quantitative estimate of drug-likeness (QED) is 0.787. The van der Waals surface area contributed by atoms with Gasteiger partial charge in [0.2, 0.25) is 5.91 Å². The summed E-state index contributed by atoms with van der Waals surface area (Å²) in [5, 5.41) is 3.07. The number of benzene rings is 1. The molecule has 0 aliphatic rings. The van der Waals surface area contributed by atoms with Crippen LogP contribution < -0.4 is 11.1 Å². The molecule has 0 aliphatic carbocycles. The lowest BCUT2D eigenvalue weighted by Crippen LogP contribution is -2.15. The normalized spacial score (nSPS) is 11.3. The number of nitrogens with one attached hydrogen (secondary N) is 1. The maximum absolute atomic E-state index is 11.6. The van der Waals surface area contributed by atoms with Crippen LogP contribution in [-0.4, -0.2) is 25.8 Å². The van der Waals surface area contributed by atoms with Gasteiger partial charge < -0.3 is 11.1 Å². The lowest BCUT2D eigenvalue weighted by Gasteiger charge is -2.07. The Labute approximate surface area is 118 Å². The first-order valence-electron chi connectivity index (χ1n) is 5.89. The van der Waals surface area contributed by atoms with E-state index in [4.69, 9.17) is 17.3 Å². The van der Waals surface area contributed by atoms with Gasteiger partial charge in [-0.2, -0.15) is 0 Å². The smallest absolute Gasteiger partial charge is 0.224 e. The zero-order valence-electron chi connectivity index (χ0n) is 10.6. The van der Waals surface area contributed by atoms with Crippen molar-refractivity contribution >= 4 is 38.7 Å². The molecule has 1 aromatic rings. The molecule has 0 radical (unpaired) electrons. The number of nitrogens with two attached hydrogens (primary N) is 1. The zero-order chi connectivity index (χ0) is 14.5. The van der Waals surface area contributed by atoms with Gasteiger partial charge in [-0.25, -0.2) is 8.42 Å². The second kappa shape index (κ2) is 6.77. The first-order valence-corrected chi connectivity index (χ1v) is 8.09. The van der Waals surface area contributed by atoms with Crippen molar-refractivity contribution in [2.24, 2.45) is 0 Å². The van der Waals surface area contributed by atoms with Crippen LogP contribution in [0.3, 0.4) is 0 Å². The van der Waals surface area contributed by atoms with Crippen LogP contribution in [0.5, 0.6) is 0 Å². The fourth-order valence-electron chi connectivity index (χ4n) is 1.44. The van der Waals surface area contributed by atoms with E-state index in [-0.39, 0.29) is 23.8 Å². The summed E-state index contributed by atoms with van der Waals surface area (Å²) in [5.74, 6) is -0.116. The van der Waals surface area contributed by atoms with Crippen LogP contribution >= 0.6 is 11.6 Å². The minimum Gasteiger partial charge on any atom is -0.397 e. The maximum Gasteiger partial charge on any atom is 0.224 e. The maximum atomic E-state index is 11.6. The predicted octanol–water partition coefficient (Wildman–Crippen LogP) is 2.08. The van der Waals surface area contributed by atoms with E-state index in [1.807, 2.05) is 0 Å². The van der Waals surface area contributed by atoms with Crippen molar-refractivity contribution in [3.05, 3.63) is 23.2 Å². The molecule has 0 unspecified atom stereocenters. The Bertz CT molecular complexity index is 558. The number of nitrogen functional groups attached to an aromatic ring is 1. The van der Waals surface area contributed by atoms with Crippen LogP contribution in [0.1, 0.15) is 19.8 Å². The number of sulfone groups is 1. The van der Waals surface area contributed by atoms with E-state index < -0.39 is 9.84 Å². The Morgan fingerprint density at radius 3 is 2.68 bits per heavy atom. The van der Waals surface area contributed by atoms with Crippen molar-refractivity contribution in [1.82, 2.24) is 0 Å². The van der Waals surface area contributed by atoms with Gasteiger partial charge in [0.25, 0.3) is 0 Å². The molecule has 1 aromatic carbocycles. The Hall–Kier alpha value is -1.27. The summed E-state index contributed by atoms with van der Waals surface area (Å²) in [6.07, 6.45) is 0.465. The number of rotatable bonds is 6. The van der Waals surface area contributed by atoms with E-state index in [1.165, 1.54) is 0 Å². The van der Waals surface area contributed by atoms with Gasteiger partial charge in [-0.05, 0) is 24.6 Å². The molecule has 0 atom stereocenters. The molecule has 106 valence electrons. The first kappa shape index (κ1) is 15.8. The molecule has 3 N–H and O–H groups in total. The topological polar surface area (TPSA) is 89.3 Å². The number of halogens is 1. The van der Waals surface area contributed by atoms with Crippen LogP contribution in [0.25, 0.3) is 0 Å². The van der Waals surface area contributed by atoms with Crippen LogP contribution in [0.15, 0.2) is 18.2 Å². The van der Waals surface area contributed by atoms with Crippen molar-refractivity contribution < 1.29 is 13.2 Å². The van der Waals surface area contributed by atoms with Crippen molar-refractivity contribution in [3.8, 4) is 0 Å². The lowest BCUT2D eigenvalue weighted by molar-refractivity contribution is -0.116. The summed E-state index contributed by atoms with van der Waals surface area (Å²) in [7, 11) is -3.02. The lowest BCUT2D eigenvalue weighted by atomic mass is 10.2. The molecule has 19 heavy (non-hydrogen) atoms. The highest BCUT2D eigenvalue weighted by Gasteiger charge is 2.09. The standard InChI is InChI=1S/C12H17ClN2O3S/c1-2-19(17,18)7-3-4-12(16)15-9-5-6-10(13)11(14)8-9/h5-6,8H,2-4,7,14H2,1H3,(H,15,16). The highest BCUT2D eigenvalue weighted by Crippen LogP contribution is 2.22. The van der Waals surface area contributed by atoms with E-state index in [9.17, 15) is 13.2 Å². The Balaban J connectivity index is 2.45. The Morgan fingerprint density at radius 2 is 2.11 bits per heavy atom. The summed E-state index contributed by atoms with van der Waals surface area (Å²) in [4.78, 5) is 11.6. The highest BCUT2D eigenvalue weighted by atomic mass is 35.5. The van der Waals surface area contributed by atoms with Crippen molar-refractivity contribution in [1.29, 1.82) is 0 Å². The Kier molecular flexibility index (Phi) is 5.62. The highest BCUT2D eigenvalue weighted by molar-refractivity contribution is 7.91. The van der Waals surface area contributed by atoms with E-state index in [1.54, 1.807) is 25.1 Å². The minimum absolute atomic E-state index is 0.0275. The van der Waals surface area contributed by atoms with Gasteiger partial charge in [0.1, 0.15) is 9.84 Å². The summed E-state index contributed by atoms with van der Waals surface area (Å²) in [5.41, 5.74) is 6.54. The molecule has 5 nitrogen and oxygen atoms in total. The third-order valence-electron chi connectivity index (χ3n) is 2.58. The second-order valence-electron chi connectivity index (χ2n) is 4.12. The zero-order valence-corrected chi connectivity index (χ0v) is 12.2. The molecule has 1 amide bonds. The van der Waals surface area contributed by atoms with E-state index in [0.29, 0.717) is 22.8 Å². The van der Waals surface area contributed by atoms with E-state index in [0.717, 1.165) is 0 Å². The second-order valence-corrected chi connectivity index (χ2v) is 7.00. The minimum atomic E-state index is -3.02. The summed E-state index contributed by atoms with van der Waals surface area (Å²) >= 11 is 5.76. The molecule has 0 saturated heterocycles. The third-order valence-corrected chi connectivity index (χ3v) is 4.71. The SMILES string of the molecule is CCS(=O)(=O)CCCC(=O)Nc1ccc(Cl)c(N)c1. The van der Waals surface area contributed by atoms with Crippen LogP contribution in [0.4, 0.5) is 11.4 Å². The van der Waals surface area contributed by atoms with Gasteiger partial charge in [0, 0.05) is 17.9 Å². The molecule has 0 saturated carbocycles. The molecule has 0 bridgehead atoms. The van der Waals surface area contributed by atoms with Gasteiger partial charge in [-0.1, -0.05) is 18.5 Å². The molecular weight excluding hydrogens is 288 g/mol. The molecule has 0 aliphatic heterocycles. The number of hydrogen-bond donors (Lipinski definition) is 2. The van der Waals surface area contributed by atoms with Crippen LogP contribution in [-0.2, 0) is 14.6 Å². The van der Waals surface area contributed by atoms with E-state index in [2.05, 4.69) is 5.32 Å². The predicted molar refractivity (Wildman–Crippen MR) is 78.1 cm³/mol. The van der Waals surface area contributed by atoms with Crippen LogP contribution in [0.2, 0.25) is 5.02 Å². The average molecular weight is 305 g/mol. The number of carbonyl (C=O) groups is 1. The summed E-state index contributed by atoms with van der Waals surface area (Å²) in [6.45, 7) is 1.59. The van der Waals surface area contributed by atoms with Gasteiger partial charge in [0.05, 0.1) is 16.5 Å². The molecule has 0 spiro atoms. The van der Waals surface area contributed by atoms with Gasteiger partial charge in [-0.15, -0.1) is 0 Å². The molecule has 0 fully saturated rings. The number of anilines is 2. The van der Waals surface area contributed by atoms with Gasteiger partial charge in [0.15, 0.2) is 0 Å². The van der Waals surface area contributed by atoms with E-state index >= 15 is 0 Å². The van der Waals surface area contributed by atoms with Gasteiger partial charge >= 0.3 is 0 Å². The Morgan fingerprint density at radius 1 is 1.42 bits per heavy atom. The largest absolute Gasteiger partial charge is 0.397 e. The number of hydrogen-bond acceptors (Lipinski definition) is 4. The van der Waals surface area contributed by atoms with Crippen molar-refractivity contribution in [2.45, 2.75) is 19.8 Å². The first-order chi connectivity index (χ1) is 8.84. The molecule has 1 rings (SSSR count). The molecule has 7 heteroatoms. The van der Waals surface area contributed by atoms with Crippen molar-refractivity contribution in [3.63, 3.8) is 0 Å². The van der Waals surface area contributed by atoms with Gasteiger partial charge in [-0.3, -0.25) is 4.79 Å². The molecule has 0 aromatic heterocycles. The van der Waals surface area contributed by atoms with Crippen molar-refractivity contribution in [2.75, 3.05) is 22.6 Å². The average Bonchev–Trinajstić information content (AvgIpc) is 2.33. The summed E-state index contributed by atoms with van der Waals surface area (Å²) in [6, 6.07) is 4.79. The number of carbonyl (C=O) groups excluding carboxylic acids is 1. The monoisotopic (exact) mass is 304 g/mol. The van der Waals surface area contributed by atoms with Crippen LogP contribution in [0, 0.1) is 0 Å². The third kappa shape index (κ3) is 5.48. The molecular formula is C12H17ClN2O3S. The fourth-order valence-corrected chi connectivity index (χ4v) is 2.43. The summed E-state index contributed by atoms with van der Waals surface area (Å²) < 4.78 is 22.5. The fraction of sp³-hybridized carbons (Fsp3) is 0.417. The molecule has 0 heterocycles.